The molecular formula is C12H12N6O2S. The molecular weight excluding hydrogens is 292 g/mol. The van der Waals surface area contributed by atoms with Gasteiger partial charge in [0, 0.05) is 22.8 Å². The van der Waals surface area contributed by atoms with Crippen molar-refractivity contribution < 1.29 is 4.79 Å². The zero-order valence-electron chi connectivity index (χ0n) is 11.4. The minimum atomic E-state index is -0.257. The quantitative estimate of drug-likeness (QED) is 0.740. The molecule has 0 unspecified atom stereocenters. The molecule has 108 valence electrons. The Morgan fingerprint density at radius 1 is 1.43 bits per heavy atom. The summed E-state index contributed by atoms with van der Waals surface area (Å²) >= 11 is 1.39. The van der Waals surface area contributed by atoms with E-state index >= 15 is 0 Å². The van der Waals surface area contributed by atoms with Crippen molar-refractivity contribution in [2.24, 2.45) is 0 Å². The number of aromatic nitrogens is 5. The molecule has 0 atom stereocenters. The Hall–Kier alpha value is -2.55. The third-order valence-corrected chi connectivity index (χ3v) is 3.53. The van der Waals surface area contributed by atoms with E-state index in [0.717, 1.165) is 4.88 Å². The summed E-state index contributed by atoms with van der Waals surface area (Å²) in [5, 5.41) is 5.99. The summed E-state index contributed by atoms with van der Waals surface area (Å²) < 4.78 is 1.21. The maximum Gasteiger partial charge on any atom is 0.274 e. The van der Waals surface area contributed by atoms with Gasteiger partial charge in [-0.2, -0.15) is 9.50 Å². The van der Waals surface area contributed by atoms with Gasteiger partial charge in [0.05, 0.1) is 6.42 Å². The highest BCUT2D eigenvalue weighted by atomic mass is 32.1. The summed E-state index contributed by atoms with van der Waals surface area (Å²) in [7, 11) is 0. The molecule has 3 heterocycles. The molecule has 0 saturated heterocycles. The fourth-order valence-electron chi connectivity index (χ4n) is 1.84. The number of aryl methyl sites for hydroxylation is 2. The first-order valence-corrected chi connectivity index (χ1v) is 7.00. The Bertz CT molecular complexity index is 877. The van der Waals surface area contributed by atoms with Crippen molar-refractivity contribution in [3.63, 3.8) is 0 Å². The van der Waals surface area contributed by atoms with Crippen LogP contribution in [0.2, 0.25) is 0 Å². The number of carbonyl (C=O) groups excluding carboxylic acids is 1. The van der Waals surface area contributed by atoms with E-state index in [1.807, 2.05) is 6.92 Å². The van der Waals surface area contributed by atoms with Gasteiger partial charge in [-0.15, -0.1) is 11.3 Å². The second-order valence-electron chi connectivity index (χ2n) is 4.54. The van der Waals surface area contributed by atoms with Crippen molar-refractivity contribution in [3.05, 3.63) is 39.0 Å². The van der Waals surface area contributed by atoms with Crippen LogP contribution < -0.4 is 10.9 Å². The van der Waals surface area contributed by atoms with Crippen LogP contribution in [-0.2, 0) is 11.2 Å². The lowest BCUT2D eigenvalue weighted by Gasteiger charge is -1.98. The summed E-state index contributed by atoms with van der Waals surface area (Å²) in [6, 6.07) is 1.40. The maximum atomic E-state index is 11.9. The molecule has 0 aliphatic carbocycles. The SMILES string of the molecule is Cc1cc(=O)n2[nH]c(CC(=O)Nc3ncc(C)s3)nc2n1. The number of anilines is 1. The summed E-state index contributed by atoms with van der Waals surface area (Å²) in [6.07, 6.45) is 1.70. The van der Waals surface area contributed by atoms with Gasteiger partial charge in [0.2, 0.25) is 5.91 Å². The molecule has 3 rings (SSSR count). The van der Waals surface area contributed by atoms with Crippen molar-refractivity contribution in [3.8, 4) is 0 Å². The Kier molecular flexibility index (Phi) is 3.26. The van der Waals surface area contributed by atoms with Gasteiger partial charge in [-0.1, -0.05) is 0 Å². The van der Waals surface area contributed by atoms with E-state index < -0.39 is 0 Å². The van der Waals surface area contributed by atoms with Gasteiger partial charge >= 0.3 is 0 Å². The highest BCUT2D eigenvalue weighted by Gasteiger charge is 2.11. The van der Waals surface area contributed by atoms with Crippen LogP contribution in [0.3, 0.4) is 0 Å². The van der Waals surface area contributed by atoms with Crippen LogP contribution in [0.25, 0.3) is 5.78 Å². The monoisotopic (exact) mass is 304 g/mol. The number of rotatable bonds is 3. The summed E-state index contributed by atoms with van der Waals surface area (Å²) in [5.74, 6) is 0.372. The first-order valence-electron chi connectivity index (χ1n) is 6.19. The van der Waals surface area contributed by atoms with Crippen LogP contribution in [0, 0.1) is 13.8 Å². The summed E-state index contributed by atoms with van der Waals surface area (Å²) in [4.78, 5) is 37.0. The van der Waals surface area contributed by atoms with Crippen molar-refractivity contribution in [1.29, 1.82) is 0 Å². The summed E-state index contributed by atoms with van der Waals surface area (Å²) in [5.41, 5.74) is 0.327. The molecule has 3 aromatic rings. The molecule has 0 aliphatic rings. The zero-order chi connectivity index (χ0) is 15.0. The lowest BCUT2D eigenvalue weighted by atomic mass is 10.4. The standard InChI is InChI=1S/C12H12N6O2S/c1-6-3-10(20)18-11(14-6)15-8(17-18)4-9(19)16-12-13-5-7(2)21-12/h3,5H,4H2,1-2H3,(H,13,16,19)(H,14,15,17). The predicted molar refractivity (Wildman–Crippen MR) is 77.5 cm³/mol. The zero-order valence-corrected chi connectivity index (χ0v) is 12.2. The molecule has 0 bridgehead atoms. The molecule has 3 aromatic heterocycles. The van der Waals surface area contributed by atoms with Crippen molar-refractivity contribution in [2.45, 2.75) is 20.3 Å². The molecule has 0 fully saturated rings. The molecule has 8 nitrogen and oxygen atoms in total. The molecule has 0 aliphatic heterocycles. The van der Waals surface area contributed by atoms with Crippen LogP contribution in [-0.4, -0.2) is 30.5 Å². The van der Waals surface area contributed by atoms with Crippen LogP contribution >= 0.6 is 11.3 Å². The van der Waals surface area contributed by atoms with Gasteiger partial charge in [-0.05, 0) is 13.8 Å². The highest BCUT2D eigenvalue weighted by Crippen LogP contribution is 2.16. The molecule has 2 N–H and O–H groups in total. The van der Waals surface area contributed by atoms with Crippen molar-refractivity contribution >= 4 is 28.2 Å². The number of thiazole rings is 1. The molecule has 21 heavy (non-hydrogen) atoms. The van der Waals surface area contributed by atoms with Crippen LogP contribution in [0.5, 0.6) is 0 Å². The number of H-pyrrole nitrogens is 1. The minimum absolute atomic E-state index is 0.0144. The lowest BCUT2D eigenvalue weighted by molar-refractivity contribution is -0.115. The number of fused-ring (bicyclic) bond motifs is 1. The summed E-state index contributed by atoms with van der Waals surface area (Å²) in [6.45, 7) is 3.63. The average molecular weight is 304 g/mol. The smallest absolute Gasteiger partial charge is 0.274 e. The van der Waals surface area contributed by atoms with E-state index in [1.54, 1.807) is 13.1 Å². The van der Waals surface area contributed by atoms with E-state index in [9.17, 15) is 9.59 Å². The van der Waals surface area contributed by atoms with Gasteiger partial charge in [0.1, 0.15) is 5.82 Å². The van der Waals surface area contributed by atoms with E-state index in [4.69, 9.17) is 0 Å². The molecule has 0 spiro atoms. The first-order chi connectivity index (χ1) is 10.0. The molecule has 0 radical (unpaired) electrons. The van der Waals surface area contributed by atoms with Gasteiger partial charge in [0.15, 0.2) is 5.13 Å². The van der Waals surface area contributed by atoms with E-state index in [2.05, 4.69) is 25.4 Å². The van der Waals surface area contributed by atoms with Gasteiger partial charge < -0.3 is 5.32 Å². The largest absolute Gasteiger partial charge is 0.302 e. The Labute approximate surface area is 122 Å². The van der Waals surface area contributed by atoms with Crippen molar-refractivity contribution in [1.82, 2.24) is 24.6 Å². The van der Waals surface area contributed by atoms with Crippen LogP contribution in [0.1, 0.15) is 16.4 Å². The second kappa shape index (κ2) is 5.09. The molecule has 1 amide bonds. The van der Waals surface area contributed by atoms with E-state index in [-0.39, 0.29) is 23.7 Å². The number of carbonyl (C=O) groups is 1. The number of nitrogens with zero attached hydrogens (tertiary/aromatic N) is 4. The fraction of sp³-hybridized carbons (Fsp3) is 0.250. The topological polar surface area (TPSA) is 105 Å². The van der Waals surface area contributed by atoms with E-state index in [0.29, 0.717) is 16.6 Å². The predicted octanol–water partition coefficient (Wildman–Crippen LogP) is 0.672. The molecule has 9 heteroatoms. The van der Waals surface area contributed by atoms with Gasteiger partial charge in [0.25, 0.3) is 11.3 Å². The number of nitrogens with one attached hydrogen (secondary N) is 2. The minimum Gasteiger partial charge on any atom is -0.302 e. The number of hydrogen-bond donors (Lipinski definition) is 2. The van der Waals surface area contributed by atoms with Gasteiger partial charge in [-0.25, -0.2) is 9.97 Å². The van der Waals surface area contributed by atoms with Gasteiger partial charge in [-0.3, -0.25) is 14.7 Å². The third kappa shape index (κ3) is 2.82. The molecule has 0 aromatic carbocycles. The average Bonchev–Trinajstić information content (AvgIpc) is 2.95. The Balaban J connectivity index is 1.80. The van der Waals surface area contributed by atoms with E-state index in [1.165, 1.54) is 21.9 Å². The number of aromatic amines is 1. The van der Waals surface area contributed by atoms with Crippen molar-refractivity contribution in [2.75, 3.05) is 5.32 Å². The van der Waals surface area contributed by atoms with Crippen LogP contribution in [0.15, 0.2) is 17.1 Å². The third-order valence-electron chi connectivity index (χ3n) is 2.70. The maximum absolute atomic E-state index is 11.9. The Morgan fingerprint density at radius 2 is 2.24 bits per heavy atom. The Morgan fingerprint density at radius 3 is 2.95 bits per heavy atom. The fourth-order valence-corrected chi connectivity index (χ4v) is 2.52. The number of amides is 1. The van der Waals surface area contributed by atoms with Crippen LogP contribution in [0.4, 0.5) is 5.13 Å². The first kappa shape index (κ1) is 13.4. The molecule has 0 saturated carbocycles. The normalized spacial score (nSPS) is 11.0. The highest BCUT2D eigenvalue weighted by molar-refractivity contribution is 7.15. The second-order valence-corrected chi connectivity index (χ2v) is 5.78. The number of hydrogen-bond acceptors (Lipinski definition) is 6. The lowest BCUT2D eigenvalue weighted by Crippen LogP contribution is -2.16.